The van der Waals surface area contributed by atoms with Crippen molar-refractivity contribution >= 4 is 27.4 Å². The van der Waals surface area contributed by atoms with Gasteiger partial charge in [-0.1, -0.05) is 13.8 Å². The molecule has 0 aromatic heterocycles. The van der Waals surface area contributed by atoms with E-state index in [4.69, 9.17) is 4.74 Å². The molecule has 0 spiro atoms. The van der Waals surface area contributed by atoms with Gasteiger partial charge in [0, 0.05) is 38.3 Å². The number of nitro groups is 1. The third-order valence-corrected chi connectivity index (χ3v) is 7.54. The van der Waals surface area contributed by atoms with Crippen LogP contribution in [0.5, 0.6) is 0 Å². The number of carbonyl (C=O) groups excluding carboxylic acids is 1. The molecular weight excluding hydrogens is 434 g/mol. The Hall–Kier alpha value is -2.98. The Labute approximate surface area is 187 Å². The lowest BCUT2D eigenvalue weighted by Crippen LogP contribution is -2.31. The number of esters is 1. The fourth-order valence-corrected chi connectivity index (χ4v) is 5.21. The minimum absolute atomic E-state index is 0.0476. The standard InChI is InChI=1S/C22H27N3O6S/c1-3-24(4-2)32(29,30)19-11-12-21(23-13-5-6-14-23)20(15-19)22(26)31-16-17-7-9-18(10-8-17)25(27)28/h7-12,15H,3-6,13-14,16H2,1-2H3. The van der Waals surface area contributed by atoms with Gasteiger partial charge in [-0.15, -0.1) is 0 Å². The van der Waals surface area contributed by atoms with E-state index in [1.54, 1.807) is 19.9 Å². The fourth-order valence-electron chi connectivity index (χ4n) is 3.73. The predicted molar refractivity (Wildman–Crippen MR) is 120 cm³/mol. The molecule has 0 aliphatic carbocycles. The molecule has 10 heteroatoms. The number of anilines is 1. The first-order chi connectivity index (χ1) is 15.3. The highest BCUT2D eigenvalue weighted by Crippen LogP contribution is 2.29. The second-order valence-electron chi connectivity index (χ2n) is 7.46. The highest BCUT2D eigenvalue weighted by molar-refractivity contribution is 7.89. The summed E-state index contributed by atoms with van der Waals surface area (Å²) in [6, 6.07) is 10.3. The van der Waals surface area contributed by atoms with Crippen molar-refractivity contribution in [2.24, 2.45) is 0 Å². The second kappa shape index (κ2) is 10.1. The third kappa shape index (κ3) is 5.08. The summed E-state index contributed by atoms with van der Waals surface area (Å²) >= 11 is 0. The Bertz CT molecular complexity index is 1080. The summed E-state index contributed by atoms with van der Waals surface area (Å²) in [4.78, 5) is 25.4. The smallest absolute Gasteiger partial charge is 0.340 e. The Kier molecular flexibility index (Phi) is 7.47. The lowest BCUT2D eigenvalue weighted by atomic mass is 10.1. The molecule has 1 fully saturated rings. The number of nitrogens with zero attached hydrogens (tertiary/aromatic N) is 3. The number of hydrogen-bond donors (Lipinski definition) is 0. The maximum atomic E-state index is 13.0. The first-order valence-electron chi connectivity index (χ1n) is 10.6. The largest absolute Gasteiger partial charge is 0.457 e. The second-order valence-corrected chi connectivity index (χ2v) is 9.40. The molecule has 32 heavy (non-hydrogen) atoms. The molecule has 1 aliphatic heterocycles. The SMILES string of the molecule is CCN(CC)S(=O)(=O)c1ccc(N2CCCC2)c(C(=O)OCc2ccc([N+](=O)[O-])cc2)c1. The summed E-state index contributed by atoms with van der Waals surface area (Å²) in [6.07, 6.45) is 1.99. The third-order valence-electron chi connectivity index (χ3n) is 5.49. The van der Waals surface area contributed by atoms with Crippen LogP contribution in [0.15, 0.2) is 47.4 Å². The fraction of sp³-hybridized carbons (Fsp3) is 0.409. The quantitative estimate of drug-likeness (QED) is 0.319. The van der Waals surface area contributed by atoms with Crippen LogP contribution in [-0.4, -0.2) is 49.8 Å². The molecule has 0 bridgehead atoms. The predicted octanol–water partition coefficient (Wildman–Crippen LogP) is 3.58. The minimum Gasteiger partial charge on any atom is -0.457 e. The lowest BCUT2D eigenvalue weighted by molar-refractivity contribution is -0.384. The molecule has 1 saturated heterocycles. The lowest BCUT2D eigenvalue weighted by Gasteiger charge is -2.23. The van der Waals surface area contributed by atoms with Gasteiger partial charge in [-0.3, -0.25) is 10.1 Å². The highest BCUT2D eigenvalue weighted by Gasteiger charge is 2.27. The van der Waals surface area contributed by atoms with Crippen LogP contribution in [0.2, 0.25) is 0 Å². The molecule has 0 radical (unpaired) electrons. The Morgan fingerprint density at radius 1 is 1.09 bits per heavy atom. The van der Waals surface area contributed by atoms with E-state index in [2.05, 4.69) is 4.90 Å². The van der Waals surface area contributed by atoms with Crippen LogP contribution in [0.25, 0.3) is 0 Å². The van der Waals surface area contributed by atoms with Gasteiger partial charge in [0.05, 0.1) is 21.1 Å². The molecule has 0 atom stereocenters. The Balaban J connectivity index is 1.89. The van der Waals surface area contributed by atoms with E-state index >= 15 is 0 Å². The summed E-state index contributed by atoms with van der Waals surface area (Å²) in [5, 5.41) is 10.8. The number of sulfonamides is 1. The molecule has 3 rings (SSSR count). The Morgan fingerprint density at radius 3 is 2.28 bits per heavy atom. The van der Waals surface area contributed by atoms with E-state index in [9.17, 15) is 23.3 Å². The van der Waals surface area contributed by atoms with Gasteiger partial charge in [0.1, 0.15) is 6.61 Å². The zero-order valence-electron chi connectivity index (χ0n) is 18.2. The van der Waals surface area contributed by atoms with Crippen molar-refractivity contribution in [3.8, 4) is 0 Å². The van der Waals surface area contributed by atoms with Gasteiger partial charge in [0.2, 0.25) is 10.0 Å². The van der Waals surface area contributed by atoms with Crippen molar-refractivity contribution in [2.75, 3.05) is 31.1 Å². The first-order valence-corrected chi connectivity index (χ1v) is 12.0. The zero-order chi connectivity index (χ0) is 23.3. The van der Waals surface area contributed by atoms with Gasteiger partial charge < -0.3 is 9.64 Å². The van der Waals surface area contributed by atoms with Crippen molar-refractivity contribution in [1.29, 1.82) is 0 Å². The van der Waals surface area contributed by atoms with E-state index in [-0.39, 0.29) is 22.8 Å². The number of nitro benzene ring substituents is 1. The molecular formula is C22H27N3O6S. The number of benzene rings is 2. The molecule has 9 nitrogen and oxygen atoms in total. The van der Waals surface area contributed by atoms with Crippen LogP contribution in [0, 0.1) is 10.1 Å². The summed E-state index contributed by atoms with van der Waals surface area (Å²) in [7, 11) is -3.73. The van der Waals surface area contributed by atoms with E-state index in [0.29, 0.717) is 24.3 Å². The number of ether oxygens (including phenoxy) is 1. The van der Waals surface area contributed by atoms with Crippen LogP contribution < -0.4 is 4.90 Å². The molecule has 1 heterocycles. The number of rotatable bonds is 9. The van der Waals surface area contributed by atoms with Crippen LogP contribution >= 0.6 is 0 Å². The molecule has 1 aliphatic rings. The summed E-state index contributed by atoms with van der Waals surface area (Å²) < 4.78 is 32.7. The summed E-state index contributed by atoms with van der Waals surface area (Å²) in [5.41, 5.74) is 1.39. The van der Waals surface area contributed by atoms with E-state index in [0.717, 1.165) is 25.9 Å². The van der Waals surface area contributed by atoms with Gasteiger partial charge in [-0.05, 0) is 48.7 Å². The van der Waals surface area contributed by atoms with Crippen molar-refractivity contribution in [2.45, 2.75) is 38.2 Å². The van der Waals surface area contributed by atoms with E-state index in [1.165, 1.54) is 40.7 Å². The van der Waals surface area contributed by atoms with Crippen molar-refractivity contribution in [3.63, 3.8) is 0 Å². The topological polar surface area (TPSA) is 110 Å². The maximum absolute atomic E-state index is 13.0. The van der Waals surface area contributed by atoms with Crippen LogP contribution in [0.3, 0.4) is 0 Å². The van der Waals surface area contributed by atoms with Crippen LogP contribution in [-0.2, 0) is 21.4 Å². The van der Waals surface area contributed by atoms with E-state index < -0.39 is 20.9 Å². The zero-order valence-corrected chi connectivity index (χ0v) is 19.0. The normalized spacial score (nSPS) is 14.0. The van der Waals surface area contributed by atoms with Gasteiger partial charge in [0.25, 0.3) is 5.69 Å². The van der Waals surface area contributed by atoms with Gasteiger partial charge in [-0.2, -0.15) is 4.31 Å². The molecule has 2 aromatic rings. The first kappa shape index (κ1) is 23.7. The number of non-ortho nitro benzene ring substituents is 1. The van der Waals surface area contributed by atoms with E-state index in [1.807, 2.05) is 0 Å². The molecule has 0 saturated carbocycles. The average Bonchev–Trinajstić information content (AvgIpc) is 3.32. The molecule has 0 N–H and O–H groups in total. The van der Waals surface area contributed by atoms with Gasteiger partial charge >= 0.3 is 5.97 Å². The van der Waals surface area contributed by atoms with Crippen molar-refractivity contribution in [1.82, 2.24) is 4.31 Å². The monoisotopic (exact) mass is 461 g/mol. The summed E-state index contributed by atoms with van der Waals surface area (Å²) in [6.45, 7) is 5.66. The van der Waals surface area contributed by atoms with Crippen LogP contribution in [0.4, 0.5) is 11.4 Å². The number of carbonyl (C=O) groups is 1. The van der Waals surface area contributed by atoms with Gasteiger partial charge in [0.15, 0.2) is 0 Å². The Morgan fingerprint density at radius 2 is 1.72 bits per heavy atom. The van der Waals surface area contributed by atoms with Crippen molar-refractivity contribution in [3.05, 3.63) is 63.7 Å². The van der Waals surface area contributed by atoms with Gasteiger partial charge in [-0.25, -0.2) is 13.2 Å². The molecule has 0 amide bonds. The number of hydrogen-bond acceptors (Lipinski definition) is 7. The maximum Gasteiger partial charge on any atom is 0.340 e. The molecule has 2 aromatic carbocycles. The minimum atomic E-state index is -3.73. The molecule has 172 valence electrons. The molecule has 0 unspecified atom stereocenters. The summed E-state index contributed by atoms with van der Waals surface area (Å²) in [5.74, 6) is -0.637. The average molecular weight is 462 g/mol. The highest BCUT2D eigenvalue weighted by atomic mass is 32.2. The van der Waals surface area contributed by atoms with Crippen molar-refractivity contribution < 1.29 is 22.9 Å². The van der Waals surface area contributed by atoms with Crippen LogP contribution in [0.1, 0.15) is 42.6 Å².